The normalized spacial score (nSPS) is 27.4. The van der Waals surface area contributed by atoms with E-state index in [1.807, 2.05) is 0 Å². The van der Waals surface area contributed by atoms with Crippen LogP contribution in [0.3, 0.4) is 0 Å². The molecule has 0 aromatic carbocycles. The lowest BCUT2D eigenvalue weighted by Crippen LogP contribution is -2.60. The Morgan fingerprint density at radius 1 is 1.50 bits per heavy atom. The zero-order chi connectivity index (χ0) is 6.20. The third kappa shape index (κ3) is 0.952. The van der Waals surface area contributed by atoms with Crippen molar-refractivity contribution in [1.29, 1.82) is 0 Å². The van der Waals surface area contributed by atoms with Crippen LogP contribution >= 0.6 is 0 Å². The molecule has 0 saturated carbocycles. The van der Waals surface area contributed by atoms with Crippen molar-refractivity contribution in [3.63, 3.8) is 0 Å². The Bertz CT molecular complexity index is 86.0. The Labute approximate surface area is 46.4 Å². The first-order valence-electron chi connectivity index (χ1n) is 2.44. The van der Waals surface area contributed by atoms with Gasteiger partial charge in [0.15, 0.2) is 0 Å². The Kier molecular flexibility index (Phi) is 1.21. The summed E-state index contributed by atoms with van der Waals surface area (Å²) in [6, 6.07) is 0. The molecule has 0 spiro atoms. The Morgan fingerprint density at radius 2 is 2.00 bits per heavy atom. The van der Waals surface area contributed by atoms with E-state index in [9.17, 15) is 8.78 Å². The number of nitrogens with one attached hydrogen (secondary N) is 1. The van der Waals surface area contributed by atoms with E-state index < -0.39 is 5.92 Å². The summed E-state index contributed by atoms with van der Waals surface area (Å²) in [5, 5.41) is 1.46. The molecule has 48 valence electrons. The topological polar surface area (TPSA) is 15.3 Å². The molecule has 0 aromatic heterocycles. The van der Waals surface area contributed by atoms with E-state index in [2.05, 4.69) is 5.43 Å². The van der Waals surface area contributed by atoms with Crippen LogP contribution in [0.15, 0.2) is 0 Å². The summed E-state index contributed by atoms with van der Waals surface area (Å²) in [6.07, 6.45) is 0. The number of nitrogens with zero attached hydrogens (tertiary/aromatic N) is 1. The Balaban J connectivity index is 2.21. The summed E-state index contributed by atoms with van der Waals surface area (Å²) >= 11 is 0. The number of halogens is 2. The van der Waals surface area contributed by atoms with E-state index in [1.165, 1.54) is 5.01 Å². The predicted octanol–water partition coefficient (Wildman–Crippen LogP) is 0.0717. The van der Waals surface area contributed by atoms with Gasteiger partial charge < -0.3 is 0 Å². The monoisotopic (exact) mass is 122 g/mol. The fraction of sp³-hybridized carbons (Fsp3) is 1.00. The maximum absolute atomic E-state index is 11.9. The van der Waals surface area contributed by atoms with Crippen molar-refractivity contribution in [2.45, 2.75) is 5.92 Å². The lowest BCUT2D eigenvalue weighted by molar-refractivity contribution is -0.147. The van der Waals surface area contributed by atoms with E-state index in [0.29, 0.717) is 0 Å². The van der Waals surface area contributed by atoms with Gasteiger partial charge in [0.2, 0.25) is 0 Å². The third-order valence-corrected chi connectivity index (χ3v) is 1.16. The molecule has 0 atom stereocenters. The number of hydrogen-bond acceptors (Lipinski definition) is 2. The van der Waals surface area contributed by atoms with Gasteiger partial charge in [0, 0.05) is 0 Å². The van der Waals surface area contributed by atoms with E-state index in [1.54, 1.807) is 7.05 Å². The summed E-state index contributed by atoms with van der Waals surface area (Å²) in [4.78, 5) is 0. The molecule has 0 bridgehead atoms. The summed E-state index contributed by atoms with van der Waals surface area (Å²) < 4.78 is 23.8. The van der Waals surface area contributed by atoms with Gasteiger partial charge in [-0.05, 0) is 7.05 Å². The third-order valence-electron chi connectivity index (χ3n) is 1.16. The number of hydrogen-bond donors (Lipinski definition) is 1. The molecular formula is C4H8F2N2. The zero-order valence-electron chi connectivity index (χ0n) is 4.62. The molecule has 4 heteroatoms. The van der Waals surface area contributed by atoms with Crippen molar-refractivity contribution >= 4 is 0 Å². The summed E-state index contributed by atoms with van der Waals surface area (Å²) in [6.45, 7) is -0.299. The maximum atomic E-state index is 11.9. The van der Waals surface area contributed by atoms with Crippen LogP contribution in [0.5, 0.6) is 0 Å². The molecule has 1 aliphatic rings. The highest BCUT2D eigenvalue weighted by Gasteiger charge is 2.43. The van der Waals surface area contributed by atoms with Gasteiger partial charge in [-0.1, -0.05) is 0 Å². The lowest BCUT2D eigenvalue weighted by Gasteiger charge is -2.37. The van der Waals surface area contributed by atoms with Crippen molar-refractivity contribution in [2.24, 2.45) is 0 Å². The highest BCUT2D eigenvalue weighted by molar-refractivity contribution is 4.83. The van der Waals surface area contributed by atoms with Crippen molar-refractivity contribution in [2.75, 3.05) is 20.1 Å². The average Bonchev–Trinajstić information content (AvgIpc) is 1.60. The maximum Gasteiger partial charge on any atom is 0.275 e. The van der Waals surface area contributed by atoms with Crippen LogP contribution in [0.2, 0.25) is 0 Å². The SMILES string of the molecule is CNN1CC(F)(F)C1. The molecule has 0 aliphatic carbocycles. The van der Waals surface area contributed by atoms with E-state index >= 15 is 0 Å². The van der Waals surface area contributed by atoms with Crippen LogP contribution in [-0.2, 0) is 0 Å². The molecule has 1 saturated heterocycles. The lowest BCUT2D eigenvalue weighted by atomic mass is 10.2. The van der Waals surface area contributed by atoms with Gasteiger partial charge >= 0.3 is 0 Å². The number of alkyl halides is 2. The summed E-state index contributed by atoms with van der Waals surface area (Å²) in [5.41, 5.74) is 2.61. The smallest absolute Gasteiger partial charge is 0.258 e. The van der Waals surface area contributed by atoms with Gasteiger partial charge in [0.25, 0.3) is 5.92 Å². The second-order valence-electron chi connectivity index (χ2n) is 1.94. The second-order valence-corrected chi connectivity index (χ2v) is 1.94. The molecule has 0 unspecified atom stereocenters. The molecular weight excluding hydrogens is 114 g/mol. The van der Waals surface area contributed by atoms with Crippen molar-refractivity contribution < 1.29 is 8.78 Å². The quantitative estimate of drug-likeness (QED) is 0.529. The molecule has 1 heterocycles. The zero-order valence-corrected chi connectivity index (χ0v) is 4.62. The Hall–Kier alpha value is -0.220. The van der Waals surface area contributed by atoms with Crippen LogP contribution in [0.25, 0.3) is 0 Å². The van der Waals surface area contributed by atoms with Crippen LogP contribution in [0, 0.1) is 0 Å². The molecule has 1 aliphatic heterocycles. The second kappa shape index (κ2) is 1.63. The fourth-order valence-electron chi connectivity index (χ4n) is 0.670. The van der Waals surface area contributed by atoms with Crippen LogP contribution < -0.4 is 5.43 Å². The predicted molar refractivity (Wildman–Crippen MR) is 25.6 cm³/mol. The minimum absolute atomic E-state index is 0.149. The molecule has 1 rings (SSSR count). The van der Waals surface area contributed by atoms with Crippen LogP contribution in [0.4, 0.5) is 8.78 Å². The minimum atomic E-state index is -2.44. The van der Waals surface area contributed by atoms with E-state index in [0.717, 1.165) is 0 Å². The summed E-state index contributed by atoms with van der Waals surface area (Å²) in [5.74, 6) is -2.44. The fourth-order valence-corrected chi connectivity index (χ4v) is 0.670. The van der Waals surface area contributed by atoms with Gasteiger partial charge in [-0.2, -0.15) is 0 Å². The van der Waals surface area contributed by atoms with Gasteiger partial charge in [-0.15, -0.1) is 0 Å². The Morgan fingerprint density at radius 3 is 2.12 bits per heavy atom. The molecule has 8 heavy (non-hydrogen) atoms. The van der Waals surface area contributed by atoms with Crippen LogP contribution in [0.1, 0.15) is 0 Å². The van der Waals surface area contributed by atoms with Crippen molar-refractivity contribution in [1.82, 2.24) is 10.4 Å². The first-order valence-corrected chi connectivity index (χ1v) is 2.44. The first kappa shape index (κ1) is 5.91. The van der Waals surface area contributed by atoms with Gasteiger partial charge in [-0.25, -0.2) is 13.8 Å². The minimum Gasteiger partial charge on any atom is -0.258 e. The molecule has 0 radical (unpaired) electrons. The number of hydrazine groups is 1. The molecule has 1 N–H and O–H groups in total. The molecule has 0 aromatic rings. The summed E-state index contributed by atoms with van der Waals surface area (Å²) in [7, 11) is 1.63. The van der Waals surface area contributed by atoms with E-state index in [4.69, 9.17) is 0 Å². The highest BCUT2D eigenvalue weighted by atomic mass is 19.3. The molecule has 1 fully saturated rings. The molecule has 2 nitrogen and oxygen atoms in total. The molecule has 0 amide bonds. The van der Waals surface area contributed by atoms with E-state index in [-0.39, 0.29) is 13.1 Å². The average molecular weight is 122 g/mol. The van der Waals surface area contributed by atoms with Crippen molar-refractivity contribution in [3.8, 4) is 0 Å². The van der Waals surface area contributed by atoms with Gasteiger partial charge in [0.05, 0.1) is 13.1 Å². The largest absolute Gasteiger partial charge is 0.275 e. The van der Waals surface area contributed by atoms with Crippen LogP contribution in [-0.4, -0.2) is 31.1 Å². The standard InChI is InChI=1S/C4H8F2N2/c1-7-8-2-4(5,6)3-8/h7H,2-3H2,1H3. The van der Waals surface area contributed by atoms with Gasteiger partial charge in [0.1, 0.15) is 0 Å². The van der Waals surface area contributed by atoms with Crippen molar-refractivity contribution in [3.05, 3.63) is 0 Å². The first-order chi connectivity index (χ1) is 3.64. The number of rotatable bonds is 1. The highest BCUT2D eigenvalue weighted by Crippen LogP contribution is 2.23. The van der Waals surface area contributed by atoms with Gasteiger partial charge in [-0.3, -0.25) is 5.43 Å².